The zero-order chi connectivity index (χ0) is 16.2. The van der Waals surface area contributed by atoms with Crippen LogP contribution >= 0.6 is 0 Å². The van der Waals surface area contributed by atoms with Gasteiger partial charge in [0.05, 0.1) is 5.41 Å². The monoisotopic (exact) mass is 299 g/mol. The predicted molar refractivity (Wildman–Crippen MR) is 91.5 cm³/mol. The second-order valence-corrected chi connectivity index (χ2v) is 6.44. The van der Waals surface area contributed by atoms with Gasteiger partial charge in [0, 0.05) is 5.69 Å². The van der Waals surface area contributed by atoms with Gasteiger partial charge in [-0.2, -0.15) is 0 Å². The molecule has 0 bridgehead atoms. The molecular weight excluding hydrogens is 274 g/mol. The summed E-state index contributed by atoms with van der Waals surface area (Å²) in [6.45, 7) is 3.93. The van der Waals surface area contributed by atoms with Crippen LogP contribution in [-0.4, -0.2) is 18.3 Å². The minimum absolute atomic E-state index is 0.0598. The summed E-state index contributed by atoms with van der Waals surface area (Å²) >= 11 is 0. The highest BCUT2D eigenvalue weighted by molar-refractivity contribution is 6.05. The fraction of sp³-hybridized carbons (Fsp3) is 0.500. The predicted octanol–water partition coefficient (Wildman–Crippen LogP) is 3.86. The first-order chi connectivity index (χ1) is 10.5. The highest BCUT2D eigenvalue weighted by atomic mass is 16.2. The fourth-order valence-corrected chi connectivity index (χ4v) is 2.97. The Hall–Kier alpha value is -1.97. The van der Waals surface area contributed by atoms with Crippen LogP contribution in [-0.2, 0) is 23.1 Å². The summed E-state index contributed by atoms with van der Waals surface area (Å²) in [7, 11) is 0. The normalized spacial score (nSPS) is 15.3. The molecule has 0 radical (unpaired) electrons. The minimum atomic E-state index is -0.473. The van der Waals surface area contributed by atoms with Gasteiger partial charge in [-0.25, -0.2) is 0 Å². The van der Waals surface area contributed by atoms with E-state index in [1.54, 1.807) is 0 Å². The second-order valence-electron chi connectivity index (χ2n) is 6.44. The number of aryl methyl sites for hydroxylation is 2. The summed E-state index contributed by atoms with van der Waals surface area (Å²) in [6, 6.07) is 4.29. The molecule has 22 heavy (non-hydrogen) atoms. The molecule has 1 heterocycles. The highest BCUT2D eigenvalue weighted by Gasteiger charge is 2.38. The first-order valence-corrected chi connectivity index (χ1v) is 7.96. The van der Waals surface area contributed by atoms with E-state index in [1.807, 2.05) is 13.8 Å². The van der Waals surface area contributed by atoms with Gasteiger partial charge in [0.25, 0.3) is 0 Å². The Morgan fingerprint density at radius 1 is 1.05 bits per heavy atom. The lowest BCUT2D eigenvalue weighted by Gasteiger charge is -2.18. The van der Waals surface area contributed by atoms with Gasteiger partial charge >= 0.3 is 0 Å². The van der Waals surface area contributed by atoms with Gasteiger partial charge in [0.2, 0.25) is 5.91 Å². The van der Waals surface area contributed by atoms with E-state index in [0.717, 1.165) is 49.8 Å². The lowest BCUT2D eigenvalue weighted by atomic mass is 9.83. The summed E-state index contributed by atoms with van der Waals surface area (Å²) < 4.78 is 0. The number of anilines is 1. The molecule has 3 N–H and O–H groups in total. The Morgan fingerprint density at radius 2 is 1.59 bits per heavy atom. The molecular formula is C18H25N3O. The molecule has 1 aromatic rings. The Balaban J connectivity index is 2.31. The van der Waals surface area contributed by atoms with Crippen LogP contribution in [0.3, 0.4) is 0 Å². The lowest BCUT2D eigenvalue weighted by molar-refractivity contribution is -0.119. The van der Waals surface area contributed by atoms with E-state index in [4.69, 9.17) is 10.8 Å². The number of fused-ring (bicyclic) bond motifs is 1. The molecule has 0 aliphatic carbocycles. The third-order valence-electron chi connectivity index (χ3n) is 4.42. The van der Waals surface area contributed by atoms with Crippen molar-refractivity contribution in [1.29, 1.82) is 10.8 Å². The molecule has 1 aliphatic heterocycles. The molecule has 2 rings (SSSR count). The number of hydrogen-bond donors (Lipinski definition) is 3. The maximum atomic E-state index is 12.1. The number of carbonyl (C=O) groups excluding carboxylic acids is 1. The van der Waals surface area contributed by atoms with E-state index in [2.05, 4.69) is 17.4 Å². The first-order valence-electron chi connectivity index (χ1n) is 7.96. The zero-order valence-corrected chi connectivity index (χ0v) is 13.5. The van der Waals surface area contributed by atoms with Crippen LogP contribution in [0.15, 0.2) is 12.1 Å². The standard InChI is InChI=1S/C18H25N3O/c1-18(2)15-11-13(7-3-5-9-19)14(8-4-6-10-20)12-16(15)21-17(18)22/h9-12,19-20H,3-8H2,1-2H3,(H,21,22). The van der Waals surface area contributed by atoms with E-state index in [0.29, 0.717) is 0 Å². The smallest absolute Gasteiger partial charge is 0.234 e. The minimum Gasteiger partial charge on any atom is -0.325 e. The van der Waals surface area contributed by atoms with E-state index in [9.17, 15) is 4.79 Å². The molecule has 0 aromatic heterocycles. The Bertz CT molecular complexity index is 590. The van der Waals surface area contributed by atoms with Gasteiger partial charge < -0.3 is 16.1 Å². The number of amides is 1. The fourth-order valence-electron chi connectivity index (χ4n) is 2.97. The largest absolute Gasteiger partial charge is 0.325 e. The van der Waals surface area contributed by atoms with Gasteiger partial charge in [-0.15, -0.1) is 0 Å². The molecule has 0 atom stereocenters. The quantitative estimate of drug-likeness (QED) is 0.494. The average molecular weight is 299 g/mol. The van der Waals surface area contributed by atoms with E-state index >= 15 is 0 Å². The SMILES string of the molecule is CC1(C)C(=O)Nc2cc(CCCC=N)c(CCCC=N)cc21. The van der Waals surface area contributed by atoms with E-state index < -0.39 is 5.41 Å². The summed E-state index contributed by atoms with van der Waals surface area (Å²) in [5.74, 6) is 0.0598. The molecule has 0 unspecified atom stereocenters. The second kappa shape index (κ2) is 6.86. The molecule has 0 saturated heterocycles. The van der Waals surface area contributed by atoms with Gasteiger partial charge in [0.15, 0.2) is 0 Å². The van der Waals surface area contributed by atoms with Crippen molar-refractivity contribution in [1.82, 2.24) is 0 Å². The van der Waals surface area contributed by atoms with Crippen molar-refractivity contribution in [2.75, 3.05) is 5.32 Å². The van der Waals surface area contributed by atoms with Crippen LogP contribution in [0.4, 0.5) is 5.69 Å². The molecule has 0 fully saturated rings. The third kappa shape index (κ3) is 3.26. The number of rotatable bonds is 8. The molecule has 0 saturated carbocycles. The van der Waals surface area contributed by atoms with Crippen molar-refractivity contribution in [2.24, 2.45) is 0 Å². The average Bonchev–Trinajstić information content (AvgIpc) is 2.70. The Kier molecular flexibility index (Phi) is 5.11. The number of carbonyl (C=O) groups is 1. The van der Waals surface area contributed by atoms with Gasteiger partial charge in [-0.05, 0) is 87.6 Å². The Labute approximate surface area is 132 Å². The van der Waals surface area contributed by atoms with E-state index in [1.165, 1.54) is 23.6 Å². The van der Waals surface area contributed by atoms with Crippen LogP contribution in [0.25, 0.3) is 0 Å². The van der Waals surface area contributed by atoms with Crippen molar-refractivity contribution >= 4 is 24.0 Å². The van der Waals surface area contributed by atoms with Gasteiger partial charge in [-0.1, -0.05) is 6.07 Å². The first kappa shape index (κ1) is 16.4. The molecule has 4 nitrogen and oxygen atoms in total. The van der Waals surface area contributed by atoms with E-state index in [-0.39, 0.29) is 5.91 Å². The molecule has 1 amide bonds. The molecule has 1 aliphatic rings. The van der Waals surface area contributed by atoms with Crippen LogP contribution in [0.2, 0.25) is 0 Å². The van der Waals surface area contributed by atoms with Crippen molar-refractivity contribution in [3.63, 3.8) is 0 Å². The van der Waals surface area contributed by atoms with Gasteiger partial charge in [0.1, 0.15) is 0 Å². The number of nitrogens with one attached hydrogen (secondary N) is 3. The van der Waals surface area contributed by atoms with Crippen molar-refractivity contribution in [3.05, 3.63) is 28.8 Å². The lowest BCUT2D eigenvalue weighted by Crippen LogP contribution is -2.26. The molecule has 118 valence electrons. The number of unbranched alkanes of at least 4 members (excludes halogenated alkanes) is 2. The van der Waals surface area contributed by atoms with Crippen molar-refractivity contribution in [3.8, 4) is 0 Å². The van der Waals surface area contributed by atoms with Crippen molar-refractivity contribution < 1.29 is 4.79 Å². The number of hydrogen-bond acceptors (Lipinski definition) is 3. The molecule has 1 aromatic carbocycles. The highest BCUT2D eigenvalue weighted by Crippen LogP contribution is 2.39. The zero-order valence-electron chi connectivity index (χ0n) is 13.5. The third-order valence-corrected chi connectivity index (χ3v) is 4.42. The van der Waals surface area contributed by atoms with Gasteiger partial charge in [-0.3, -0.25) is 4.79 Å². The summed E-state index contributed by atoms with van der Waals surface area (Å²) in [5, 5.41) is 17.3. The van der Waals surface area contributed by atoms with Crippen molar-refractivity contribution in [2.45, 2.75) is 57.8 Å². The molecule has 0 spiro atoms. The summed E-state index contributed by atoms with van der Waals surface area (Å²) in [6.07, 6.45) is 8.27. The molecule has 4 heteroatoms. The summed E-state index contributed by atoms with van der Waals surface area (Å²) in [5.41, 5.74) is 4.10. The Morgan fingerprint density at radius 3 is 2.14 bits per heavy atom. The van der Waals surface area contributed by atoms with Crippen LogP contribution in [0, 0.1) is 10.8 Å². The maximum Gasteiger partial charge on any atom is 0.234 e. The maximum absolute atomic E-state index is 12.1. The summed E-state index contributed by atoms with van der Waals surface area (Å²) in [4.78, 5) is 12.1. The topological polar surface area (TPSA) is 76.8 Å². The van der Waals surface area contributed by atoms with Crippen LogP contribution < -0.4 is 5.32 Å². The van der Waals surface area contributed by atoms with Crippen LogP contribution in [0.5, 0.6) is 0 Å². The number of benzene rings is 1. The van der Waals surface area contributed by atoms with Crippen LogP contribution in [0.1, 0.15) is 56.2 Å².